The van der Waals surface area contributed by atoms with Crippen LogP contribution in [0.5, 0.6) is 0 Å². The molecule has 4 N–H and O–H groups in total. The Morgan fingerprint density at radius 2 is 1.95 bits per heavy atom. The van der Waals surface area contributed by atoms with Gasteiger partial charge >= 0.3 is 12.2 Å². The van der Waals surface area contributed by atoms with Crippen molar-refractivity contribution in [2.24, 2.45) is 0 Å². The second-order valence-electron chi connectivity index (χ2n) is 9.66. The van der Waals surface area contributed by atoms with Crippen LogP contribution in [0.4, 0.5) is 23.7 Å². The fourth-order valence-electron chi connectivity index (χ4n) is 5.41. The molecule has 0 aliphatic carbocycles. The normalized spacial score (nSPS) is 24.7. The summed E-state index contributed by atoms with van der Waals surface area (Å²) >= 11 is 0. The second kappa shape index (κ2) is 10.2. The molecule has 198 valence electrons. The van der Waals surface area contributed by atoms with Crippen LogP contribution in [-0.2, 0) is 22.3 Å². The van der Waals surface area contributed by atoms with Gasteiger partial charge in [-0.1, -0.05) is 24.3 Å². The number of alkyl halides is 3. The zero-order chi connectivity index (χ0) is 26.2. The molecule has 2 aromatic carbocycles. The number of aliphatic hydroxyl groups is 1. The summed E-state index contributed by atoms with van der Waals surface area (Å²) in [6, 6.07) is 9.73. The Hall–Kier alpha value is -3.31. The smallest absolute Gasteiger partial charge is 0.389 e. The minimum Gasteiger partial charge on any atom is -0.389 e. The zero-order valence-electron chi connectivity index (χ0n) is 20.1. The van der Waals surface area contributed by atoms with Crippen molar-refractivity contribution in [2.75, 3.05) is 25.0 Å². The highest BCUT2D eigenvalue weighted by atomic mass is 19.4. The summed E-state index contributed by atoms with van der Waals surface area (Å²) in [4.78, 5) is 26.6. The van der Waals surface area contributed by atoms with Crippen LogP contribution in [-0.4, -0.2) is 53.8 Å². The third-order valence-electron chi connectivity index (χ3n) is 7.26. The number of hydrogen-bond donors (Lipinski definition) is 4. The zero-order valence-corrected chi connectivity index (χ0v) is 20.1. The maximum atomic E-state index is 13.5. The van der Waals surface area contributed by atoms with Crippen molar-refractivity contribution in [1.82, 2.24) is 15.5 Å². The highest BCUT2D eigenvalue weighted by Crippen LogP contribution is 2.41. The van der Waals surface area contributed by atoms with E-state index in [2.05, 4.69) is 16.0 Å². The van der Waals surface area contributed by atoms with Gasteiger partial charge in [-0.15, -0.1) is 0 Å². The monoisotopic (exact) mass is 518 g/mol. The lowest BCUT2D eigenvalue weighted by Gasteiger charge is -2.40. The summed E-state index contributed by atoms with van der Waals surface area (Å²) in [7, 11) is 0. The predicted octanol–water partition coefficient (Wildman–Crippen LogP) is 3.48. The Morgan fingerprint density at radius 3 is 2.76 bits per heavy atom. The molecular weight excluding hydrogens is 489 g/mol. The average molecular weight is 519 g/mol. The molecule has 3 aliphatic heterocycles. The second-order valence-corrected chi connectivity index (χ2v) is 9.66. The van der Waals surface area contributed by atoms with Crippen molar-refractivity contribution in [3.63, 3.8) is 0 Å². The van der Waals surface area contributed by atoms with Gasteiger partial charge in [-0.3, -0.25) is 4.79 Å². The Labute approximate surface area is 212 Å². The average Bonchev–Trinajstić information content (AvgIpc) is 3.38. The van der Waals surface area contributed by atoms with Crippen LogP contribution in [0.3, 0.4) is 0 Å². The Balaban J connectivity index is 1.15. The van der Waals surface area contributed by atoms with E-state index in [1.54, 1.807) is 0 Å². The van der Waals surface area contributed by atoms with Gasteiger partial charge in [-0.05, 0) is 42.2 Å². The number of aliphatic hydroxyl groups excluding tert-OH is 1. The molecule has 2 saturated heterocycles. The molecule has 3 aliphatic rings. The molecule has 2 bridgehead atoms. The van der Waals surface area contributed by atoms with Crippen LogP contribution in [0.25, 0.3) is 0 Å². The molecule has 2 fully saturated rings. The van der Waals surface area contributed by atoms with Crippen LogP contribution < -0.4 is 16.0 Å². The lowest BCUT2D eigenvalue weighted by molar-refractivity contribution is -0.140. The first-order chi connectivity index (χ1) is 17.7. The van der Waals surface area contributed by atoms with Gasteiger partial charge in [0.25, 0.3) is 0 Å². The van der Waals surface area contributed by atoms with E-state index in [1.165, 1.54) is 23.1 Å². The first-order valence-corrected chi connectivity index (χ1v) is 12.4. The fourth-order valence-corrected chi connectivity index (χ4v) is 5.41. The van der Waals surface area contributed by atoms with Crippen molar-refractivity contribution in [2.45, 2.75) is 56.3 Å². The Kier molecular flexibility index (Phi) is 7.00. The van der Waals surface area contributed by atoms with E-state index in [4.69, 9.17) is 4.74 Å². The van der Waals surface area contributed by atoms with Crippen molar-refractivity contribution >= 4 is 17.6 Å². The number of amides is 3. The summed E-state index contributed by atoms with van der Waals surface area (Å²) in [6.07, 6.45) is -3.49. The van der Waals surface area contributed by atoms with E-state index in [-0.39, 0.29) is 37.4 Å². The van der Waals surface area contributed by atoms with E-state index >= 15 is 0 Å². The minimum absolute atomic E-state index is 0.0457. The van der Waals surface area contributed by atoms with Gasteiger partial charge in [0.05, 0.1) is 43.0 Å². The summed E-state index contributed by atoms with van der Waals surface area (Å²) < 4.78 is 46.2. The number of nitrogens with zero attached hydrogens (tertiary/aromatic N) is 1. The quantitative estimate of drug-likeness (QED) is 0.486. The third kappa shape index (κ3) is 5.37. The largest absolute Gasteiger partial charge is 0.416 e. The van der Waals surface area contributed by atoms with Gasteiger partial charge in [0.15, 0.2) is 0 Å². The summed E-state index contributed by atoms with van der Waals surface area (Å²) in [6.45, 7) is 0.505. The number of likely N-dealkylation sites (tertiary alicyclic amines) is 1. The molecule has 2 aromatic rings. The van der Waals surface area contributed by atoms with Crippen molar-refractivity contribution in [3.05, 3.63) is 64.7 Å². The maximum absolute atomic E-state index is 13.5. The number of ether oxygens (including phenoxy) is 1. The van der Waals surface area contributed by atoms with Crippen LogP contribution in [0.2, 0.25) is 0 Å². The first-order valence-electron chi connectivity index (χ1n) is 12.4. The first kappa shape index (κ1) is 25.3. The van der Waals surface area contributed by atoms with Crippen LogP contribution >= 0.6 is 0 Å². The molecule has 0 spiro atoms. The molecule has 11 heteroatoms. The molecule has 2 unspecified atom stereocenters. The fraction of sp³-hybridized carbons (Fsp3) is 0.462. The summed E-state index contributed by atoms with van der Waals surface area (Å²) in [5.41, 5.74) is 2.05. The van der Waals surface area contributed by atoms with Gasteiger partial charge in [-0.25, -0.2) is 4.79 Å². The Bertz CT molecular complexity index is 1170. The molecule has 8 nitrogen and oxygen atoms in total. The number of carbonyl (C=O) groups excluding carboxylic acids is 2. The van der Waals surface area contributed by atoms with E-state index in [1.807, 2.05) is 18.2 Å². The van der Waals surface area contributed by atoms with Gasteiger partial charge in [0.2, 0.25) is 5.91 Å². The van der Waals surface area contributed by atoms with E-state index in [0.29, 0.717) is 25.8 Å². The number of fused-ring (bicyclic) bond motifs is 4. The van der Waals surface area contributed by atoms with E-state index < -0.39 is 35.8 Å². The molecule has 4 atom stereocenters. The highest BCUT2D eigenvalue weighted by molar-refractivity contribution is 5.84. The number of anilines is 1. The summed E-state index contributed by atoms with van der Waals surface area (Å²) in [5, 5.41) is 18.6. The number of halogens is 3. The molecule has 3 amide bonds. The molecule has 0 aromatic heterocycles. The van der Waals surface area contributed by atoms with Crippen LogP contribution in [0.1, 0.15) is 53.7 Å². The maximum Gasteiger partial charge on any atom is 0.416 e. The van der Waals surface area contributed by atoms with Gasteiger partial charge < -0.3 is 30.7 Å². The number of benzene rings is 2. The van der Waals surface area contributed by atoms with Crippen molar-refractivity contribution in [3.8, 4) is 0 Å². The molecular formula is C26H29F3N4O4. The predicted molar refractivity (Wildman–Crippen MR) is 129 cm³/mol. The van der Waals surface area contributed by atoms with Crippen LogP contribution in [0, 0.1) is 0 Å². The molecule has 0 saturated carbocycles. The standard InChI is InChI=1S/C26H29F3N4O4/c27-26(28,29)18-5-2-1-4-16(18)21-6-3-9-33(21)24(35)13-31-25(36)30-12-15-7-8-19-17(10-15)23-11-20(32-19)22(34)14-37-23/h1-2,4-5,7-8,10,20-23,32,34H,3,6,9,11-14H2,(H2,30,31,36)/t20?,21?,22-,23+/m1/s1. The number of urea groups is 1. The van der Waals surface area contributed by atoms with Crippen molar-refractivity contribution in [1.29, 1.82) is 0 Å². The molecule has 3 heterocycles. The molecule has 37 heavy (non-hydrogen) atoms. The van der Waals surface area contributed by atoms with Crippen molar-refractivity contribution < 1.29 is 32.6 Å². The lowest BCUT2D eigenvalue weighted by atomic mass is 9.89. The Morgan fingerprint density at radius 1 is 1.14 bits per heavy atom. The summed E-state index contributed by atoms with van der Waals surface area (Å²) in [5.74, 6) is -0.430. The van der Waals surface area contributed by atoms with Gasteiger partial charge in [-0.2, -0.15) is 13.2 Å². The topological polar surface area (TPSA) is 103 Å². The number of hydrogen-bond acceptors (Lipinski definition) is 5. The minimum atomic E-state index is -4.51. The van der Waals surface area contributed by atoms with E-state index in [0.717, 1.165) is 22.9 Å². The number of nitrogens with one attached hydrogen (secondary N) is 3. The van der Waals surface area contributed by atoms with E-state index in [9.17, 15) is 27.9 Å². The van der Waals surface area contributed by atoms with Gasteiger partial charge in [0, 0.05) is 30.8 Å². The highest BCUT2D eigenvalue weighted by Gasteiger charge is 2.39. The lowest BCUT2D eigenvalue weighted by Crippen LogP contribution is -2.46. The SMILES string of the molecule is O=C(NCC(=O)N1CCCC1c1ccccc1C(F)(F)F)NCc1ccc2c(c1)[C@@H]1CC(N2)[C@H](O)CO1. The molecule has 0 radical (unpaired) electrons. The van der Waals surface area contributed by atoms with Crippen LogP contribution in [0.15, 0.2) is 42.5 Å². The number of rotatable bonds is 5. The molecule has 5 rings (SSSR count). The third-order valence-corrected chi connectivity index (χ3v) is 7.26. The van der Waals surface area contributed by atoms with Gasteiger partial charge in [0.1, 0.15) is 0 Å². The number of carbonyl (C=O) groups is 2.